The molecule has 2 aromatic heterocycles. The van der Waals surface area contributed by atoms with Gasteiger partial charge < -0.3 is 5.32 Å². The highest BCUT2D eigenvalue weighted by molar-refractivity contribution is 8.00. The molecule has 3 unspecified atom stereocenters. The molecule has 0 aliphatic heterocycles. The fourth-order valence-corrected chi connectivity index (χ4v) is 5.31. The van der Waals surface area contributed by atoms with Gasteiger partial charge in [-0.05, 0) is 56.0 Å². The van der Waals surface area contributed by atoms with Crippen molar-refractivity contribution >= 4 is 46.6 Å². The Bertz CT molecular complexity index is 1090. The van der Waals surface area contributed by atoms with E-state index in [4.69, 9.17) is 23.2 Å². The van der Waals surface area contributed by atoms with Crippen LogP contribution in [-0.4, -0.2) is 30.9 Å². The average Bonchev–Trinajstić information content (AvgIpc) is 3.20. The van der Waals surface area contributed by atoms with Gasteiger partial charge in [-0.2, -0.15) is 0 Å². The van der Waals surface area contributed by atoms with Gasteiger partial charge in [0.05, 0.1) is 16.0 Å². The van der Waals surface area contributed by atoms with Gasteiger partial charge in [0.15, 0.2) is 11.0 Å². The number of halogens is 2. The molecule has 0 saturated heterocycles. The second-order valence-electron chi connectivity index (χ2n) is 8.12. The normalized spacial score (nSPS) is 19.5. The number of hydrogen-bond donors (Lipinski definition) is 1. The van der Waals surface area contributed by atoms with Crippen molar-refractivity contribution < 1.29 is 4.79 Å². The smallest absolute Gasteiger partial charge is 0.237 e. The van der Waals surface area contributed by atoms with Crippen molar-refractivity contribution in [3.8, 4) is 11.4 Å². The summed E-state index contributed by atoms with van der Waals surface area (Å²) in [5.41, 5.74) is 1.42. The van der Waals surface area contributed by atoms with Crippen LogP contribution in [-0.2, 0) is 4.79 Å². The Morgan fingerprint density at radius 3 is 2.78 bits per heavy atom. The molecule has 1 saturated carbocycles. The fourth-order valence-electron chi connectivity index (χ4n) is 4.07. The molecular weight excluding hydrogens is 465 g/mol. The molecule has 6 nitrogen and oxygen atoms in total. The Morgan fingerprint density at radius 1 is 1.22 bits per heavy atom. The maximum absolute atomic E-state index is 12.9. The topological polar surface area (TPSA) is 72.7 Å². The van der Waals surface area contributed by atoms with Gasteiger partial charge in [-0.15, -0.1) is 10.2 Å². The van der Waals surface area contributed by atoms with Crippen molar-refractivity contribution in [1.29, 1.82) is 0 Å². The zero-order chi connectivity index (χ0) is 22.7. The standard InChI is InChI=1S/C23H25Cl2N5OS/c1-14-6-3-4-8-20(14)30-21(16-7-5-11-26-13-16)28-29-23(30)32-15(2)22(31)27-19-12-17(24)9-10-18(19)25/h5,7,9-15,20H,3-4,6,8H2,1-2H3,(H,27,31). The third-order valence-corrected chi connectivity index (χ3v) is 7.44. The highest BCUT2D eigenvalue weighted by atomic mass is 35.5. The SMILES string of the molecule is CC(Sc1nnc(-c2cccnc2)n1C1CCCCC1C)C(=O)Nc1cc(Cl)ccc1Cl. The second-order valence-corrected chi connectivity index (χ2v) is 10.3. The molecule has 1 amide bonds. The average molecular weight is 490 g/mol. The van der Waals surface area contributed by atoms with Crippen LogP contribution in [0.25, 0.3) is 11.4 Å². The quantitative estimate of drug-likeness (QED) is 0.399. The van der Waals surface area contributed by atoms with Crippen LogP contribution in [0.2, 0.25) is 10.0 Å². The maximum atomic E-state index is 12.9. The minimum atomic E-state index is -0.409. The lowest BCUT2D eigenvalue weighted by Gasteiger charge is -2.31. The van der Waals surface area contributed by atoms with Crippen molar-refractivity contribution in [2.45, 2.75) is 56.0 Å². The predicted octanol–water partition coefficient (Wildman–Crippen LogP) is 6.52. The van der Waals surface area contributed by atoms with Crippen molar-refractivity contribution in [2.24, 2.45) is 5.92 Å². The van der Waals surface area contributed by atoms with Crippen LogP contribution >= 0.6 is 35.0 Å². The first-order valence-corrected chi connectivity index (χ1v) is 12.4. The van der Waals surface area contributed by atoms with Crippen LogP contribution in [0.5, 0.6) is 0 Å². The Morgan fingerprint density at radius 2 is 2.03 bits per heavy atom. The number of anilines is 1. The van der Waals surface area contributed by atoms with Gasteiger partial charge in [-0.25, -0.2) is 0 Å². The maximum Gasteiger partial charge on any atom is 0.237 e. The van der Waals surface area contributed by atoms with Crippen molar-refractivity contribution in [3.05, 3.63) is 52.8 Å². The first-order valence-electron chi connectivity index (χ1n) is 10.7. The summed E-state index contributed by atoms with van der Waals surface area (Å²) in [6.45, 7) is 4.13. The summed E-state index contributed by atoms with van der Waals surface area (Å²) in [7, 11) is 0. The minimum Gasteiger partial charge on any atom is -0.324 e. The molecule has 0 spiro atoms. The van der Waals surface area contributed by atoms with Crippen LogP contribution in [0.15, 0.2) is 47.9 Å². The van der Waals surface area contributed by atoms with E-state index < -0.39 is 5.25 Å². The molecule has 1 fully saturated rings. The van der Waals surface area contributed by atoms with Crippen LogP contribution in [0.3, 0.4) is 0 Å². The number of amides is 1. The van der Waals surface area contributed by atoms with Gasteiger partial charge in [-0.1, -0.05) is 54.7 Å². The predicted molar refractivity (Wildman–Crippen MR) is 130 cm³/mol. The number of thioether (sulfide) groups is 1. The van der Waals surface area contributed by atoms with E-state index >= 15 is 0 Å². The van der Waals surface area contributed by atoms with Gasteiger partial charge in [0.25, 0.3) is 0 Å². The first-order chi connectivity index (χ1) is 15.4. The molecule has 0 bridgehead atoms. The van der Waals surface area contributed by atoms with Crippen LogP contribution in [0.1, 0.15) is 45.6 Å². The number of benzene rings is 1. The zero-order valence-corrected chi connectivity index (χ0v) is 20.3. The third kappa shape index (κ3) is 5.11. The van der Waals surface area contributed by atoms with E-state index in [1.165, 1.54) is 31.0 Å². The summed E-state index contributed by atoms with van der Waals surface area (Å²) >= 11 is 13.7. The largest absolute Gasteiger partial charge is 0.324 e. The summed E-state index contributed by atoms with van der Waals surface area (Å²) in [4.78, 5) is 17.2. The Labute approximate surface area is 202 Å². The molecular formula is C23H25Cl2N5OS. The molecule has 9 heteroatoms. The molecule has 1 aromatic carbocycles. The number of pyridine rings is 1. The molecule has 1 aliphatic rings. The van der Waals surface area contributed by atoms with Gasteiger partial charge in [-0.3, -0.25) is 14.3 Å². The molecule has 1 aliphatic carbocycles. The van der Waals surface area contributed by atoms with E-state index in [2.05, 4.69) is 32.0 Å². The lowest BCUT2D eigenvalue weighted by atomic mass is 9.85. The zero-order valence-electron chi connectivity index (χ0n) is 18.0. The van der Waals surface area contributed by atoms with Gasteiger partial charge in [0, 0.05) is 29.0 Å². The molecule has 3 atom stereocenters. The van der Waals surface area contributed by atoms with E-state index in [1.54, 1.807) is 30.6 Å². The summed E-state index contributed by atoms with van der Waals surface area (Å²) in [5, 5.41) is 13.1. The van der Waals surface area contributed by atoms with Gasteiger partial charge >= 0.3 is 0 Å². The van der Waals surface area contributed by atoms with E-state index in [1.807, 2.05) is 19.1 Å². The van der Waals surface area contributed by atoms with Gasteiger partial charge in [0.2, 0.25) is 5.91 Å². The van der Waals surface area contributed by atoms with E-state index in [0.29, 0.717) is 21.7 Å². The highest BCUT2D eigenvalue weighted by Gasteiger charge is 2.30. The Balaban J connectivity index is 1.60. The van der Waals surface area contributed by atoms with E-state index in [9.17, 15) is 4.79 Å². The van der Waals surface area contributed by atoms with Crippen molar-refractivity contribution in [1.82, 2.24) is 19.7 Å². The molecule has 4 rings (SSSR count). The van der Waals surface area contributed by atoms with Crippen LogP contribution < -0.4 is 5.32 Å². The molecule has 3 aromatic rings. The third-order valence-electron chi connectivity index (χ3n) is 5.82. The van der Waals surface area contributed by atoms with E-state index in [0.717, 1.165) is 23.0 Å². The molecule has 0 radical (unpaired) electrons. The number of carbonyl (C=O) groups excluding carboxylic acids is 1. The summed E-state index contributed by atoms with van der Waals surface area (Å²) in [6.07, 6.45) is 8.20. The van der Waals surface area contributed by atoms with Gasteiger partial charge in [0.1, 0.15) is 0 Å². The number of aromatic nitrogens is 4. The van der Waals surface area contributed by atoms with Crippen LogP contribution in [0.4, 0.5) is 5.69 Å². The van der Waals surface area contributed by atoms with Crippen LogP contribution in [0, 0.1) is 5.92 Å². The summed E-state index contributed by atoms with van der Waals surface area (Å²) in [6, 6.07) is 9.17. The number of nitrogens with zero attached hydrogens (tertiary/aromatic N) is 4. The lowest BCUT2D eigenvalue weighted by molar-refractivity contribution is -0.115. The number of nitrogens with one attached hydrogen (secondary N) is 1. The molecule has 1 N–H and O–H groups in total. The fraction of sp³-hybridized carbons (Fsp3) is 0.391. The Hall–Kier alpha value is -2.09. The molecule has 32 heavy (non-hydrogen) atoms. The lowest BCUT2D eigenvalue weighted by Crippen LogP contribution is -2.25. The number of carbonyl (C=O) groups is 1. The van der Waals surface area contributed by atoms with E-state index in [-0.39, 0.29) is 11.9 Å². The molecule has 2 heterocycles. The number of hydrogen-bond acceptors (Lipinski definition) is 5. The van der Waals surface area contributed by atoms with Crippen molar-refractivity contribution in [2.75, 3.05) is 5.32 Å². The first kappa shape index (κ1) is 23.1. The second kappa shape index (κ2) is 10.2. The Kier molecular flexibility index (Phi) is 7.38. The summed E-state index contributed by atoms with van der Waals surface area (Å²) in [5.74, 6) is 1.13. The minimum absolute atomic E-state index is 0.173. The monoisotopic (exact) mass is 489 g/mol. The number of rotatable bonds is 6. The molecule has 168 valence electrons. The summed E-state index contributed by atoms with van der Waals surface area (Å²) < 4.78 is 2.21. The highest BCUT2D eigenvalue weighted by Crippen LogP contribution is 2.39. The van der Waals surface area contributed by atoms with Crippen molar-refractivity contribution in [3.63, 3.8) is 0 Å².